The van der Waals surface area contributed by atoms with Gasteiger partial charge in [0.05, 0.1) is 6.61 Å². The summed E-state index contributed by atoms with van der Waals surface area (Å²) in [6.45, 7) is 1.60. The zero-order valence-electron chi connectivity index (χ0n) is 17.4. The number of esters is 1. The van der Waals surface area contributed by atoms with Crippen LogP contribution in [-0.4, -0.2) is 35.0 Å². The van der Waals surface area contributed by atoms with Gasteiger partial charge in [-0.1, -0.05) is 58.4 Å². The van der Waals surface area contributed by atoms with E-state index < -0.39 is 17.4 Å². The number of hydrogen-bond acceptors (Lipinski definition) is 6. The fourth-order valence-corrected chi connectivity index (χ4v) is 3.12. The highest BCUT2D eigenvalue weighted by Crippen LogP contribution is 2.16. The molecule has 0 saturated carbocycles. The van der Waals surface area contributed by atoms with Crippen LogP contribution in [0.15, 0.2) is 63.9 Å². The van der Waals surface area contributed by atoms with Gasteiger partial charge in [0.2, 0.25) is 5.75 Å². The maximum atomic E-state index is 12.8. The number of carbonyl (C=O) groups excluding carboxylic acids is 2. The molecule has 1 aromatic heterocycles. The molecule has 0 spiro atoms. The number of aromatic nitrogens is 2. The van der Waals surface area contributed by atoms with Gasteiger partial charge in [-0.3, -0.25) is 14.4 Å². The van der Waals surface area contributed by atoms with E-state index in [0.717, 1.165) is 15.6 Å². The van der Waals surface area contributed by atoms with Crippen molar-refractivity contribution in [3.05, 3.63) is 92.1 Å². The molecule has 0 radical (unpaired) electrons. The monoisotopic (exact) mass is 499 g/mol. The molecule has 2 aromatic carbocycles. The summed E-state index contributed by atoms with van der Waals surface area (Å²) in [6.07, 6.45) is 0.305. The third kappa shape index (κ3) is 6.52. The Morgan fingerprint density at radius 3 is 2.47 bits per heavy atom. The van der Waals surface area contributed by atoms with Gasteiger partial charge in [0.1, 0.15) is 19.0 Å². The van der Waals surface area contributed by atoms with Gasteiger partial charge in [-0.15, -0.1) is 0 Å². The second-order valence-electron chi connectivity index (χ2n) is 6.76. The first kappa shape index (κ1) is 23.2. The Labute approximate surface area is 193 Å². The normalized spacial score (nSPS) is 10.4. The number of halogens is 1. The van der Waals surface area contributed by atoms with Crippen molar-refractivity contribution in [2.45, 2.75) is 20.0 Å². The van der Waals surface area contributed by atoms with Gasteiger partial charge in [0.25, 0.3) is 11.5 Å². The predicted molar refractivity (Wildman–Crippen MR) is 122 cm³/mol. The van der Waals surface area contributed by atoms with Gasteiger partial charge in [0, 0.05) is 10.9 Å². The van der Waals surface area contributed by atoms with Crippen LogP contribution in [0.4, 0.5) is 0 Å². The largest absolute Gasteiger partial charge is 0.481 e. The quantitative estimate of drug-likeness (QED) is 0.438. The van der Waals surface area contributed by atoms with Crippen molar-refractivity contribution in [1.29, 1.82) is 0 Å². The lowest BCUT2D eigenvalue weighted by atomic mass is 10.1. The number of rotatable bonds is 9. The van der Waals surface area contributed by atoms with Gasteiger partial charge >= 0.3 is 5.97 Å². The maximum absolute atomic E-state index is 12.8. The Morgan fingerprint density at radius 1 is 1.06 bits per heavy atom. The van der Waals surface area contributed by atoms with Crippen molar-refractivity contribution in [2.75, 3.05) is 13.2 Å². The first-order valence-electron chi connectivity index (χ1n) is 9.94. The van der Waals surface area contributed by atoms with Gasteiger partial charge < -0.3 is 19.8 Å². The minimum atomic E-state index is -0.704. The molecule has 166 valence electrons. The summed E-state index contributed by atoms with van der Waals surface area (Å²) in [6, 6.07) is 16.7. The summed E-state index contributed by atoms with van der Waals surface area (Å²) in [5.74, 6) is -1.21. The predicted octanol–water partition coefficient (Wildman–Crippen LogP) is 3.00. The van der Waals surface area contributed by atoms with Crippen LogP contribution in [0.3, 0.4) is 0 Å². The number of amides is 1. The molecule has 0 atom stereocenters. The second kappa shape index (κ2) is 11.2. The molecule has 2 N–H and O–H groups in total. The van der Waals surface area contributed by atoms with Crippen LogP contribution in [0.1, 0.15) is 34.4 Å². The SMILES string of the molecule is CCOC(=O)CNC(=O)c1nc(Cc2ccc(Br)cc2)[nH]c(=O)c1OCc1ccccc1. The highest BCUT2D eigenvalue weighted by molar-refractivity contribution is 9.10. The summed E-state index contributed by atoms with van der Waals surface area (Å²) in [5, 5.41) is 2.43. The third-order valence-corrected chi connectivity index (χ3v) is 4.88. The van der Waals surface area contributed by atoms with Crippen LogP contribution in [-0.2, 0) is 22.6 Å². The number of carbonyl (C=O) groups is 2. The number of H-pyrrole nitrogens is 1. The van der Waals surface area contributed by atoms with Crippen LogP contribution < -0.4 is 15.6 Å². The average Bonchev–Trinajstić information content (AvgIpc) is 2.79. The van der Waals surface area contributed by atoms with Crippen LogP contribution >= 0.6 is 15.9 Å². The second-order valence-corrected chi connectivity index (χ2v) is 7.67. The summed E-state index contributed by atoms with van der Waals surface area (Å²) >= 11 is 3.38. The van der Waals surface area contributed by atoms with E-state index >= 15 is 0 Å². The molecular weight excluding hydrogens is 478 g/mol. The fourth-order valence-electron chi connectivity index (χ4n) is 2.85. The molecule has 3 rings (SSSR count). The standard InChI is InChI=1S/C23H22BrN3O5/c1-2-31-19(28)13-25-22(29)20-21(32-14-16-6-4-3-5-7-16)23(30)27-18(26-20)12-15-8-10-17(24)11-9-15/h3-11H,2,12-14H2,1H3,(H,25,29)(H,26,27,30). The van der Waals surface area contributed by atoms with E-state index in [2.05, 4.69) is 31.2 Å². The number of hydrogen-bond donors (Lipinski definition) is 2. The minimum absolute atomic E-state index is 0.0792. The average molecular weight is 500 g/mol. The summed E-state index contributed by atoms with van der Waals surface area (Å²) < 4.78 is 11.4. The molecule has 0 saturated heterocycles. The lowest BCUT2D eigenvalue weighted by molar-refractivity contribution is -0.141. The van der Waals surface area contributed by atoms with Crippen molar-refractivity contribution in [3.63, 3.8) is 0 Å². The highest BCUT2D eigenvalue weighted by Gasteiger charge is 2.21. The smallest absolute Gasteiger partial charge is 0.325 e. The van der Waals surface area contributed by atoms with E-state index in [9.17, 15) is 14.4 Å². The van der Waals surface area contributed by atoms with E-state index in [1.807, 2.05) is 54.6 Å². The molecule has 1 heterocycles. The van der Waals surface area contributed by atoms with Crippen LogP contribution in [0.25, 0.3) is 0 Å². The molecule has 32 heavy (non-hydrogen) atoms. The summed E-state index contributed by atoms with van der Waals surface area (Å²) in [7, 11) is 0. The summed E-state index contributed by atoms with van der Waals surface area (Å²) in [4.78, 5) is 44.2. The number of aromatic amines is 1. The molecule has 1 amide bonds. The van der Waals surface area contributed by atoms with Gasteiger partial charge in [0.15, 0.2) is 5.69 Å². The van der Waals surface area contributed by atoms with E-state index in [0.29, 0.717) is 12.2 Å². The molecule has 8 nitrogen and oxygen atoms in total. The Balaban J connectivity index is 1.87. The number of benzene rings is 2. The highest BCUT2D eigenvalue weighted by atomic mass is 79.9. The Morgan fingerprint density at radius 2 is 1.78 bits per heavy atom. The van der Waals surface area contributed by atoms with Gasteiger partial charge in [-0.2, -0.15) is 0 Å². The third-order valence-electron chi connectivity index (χ3n) is 4.35. The maximum Gasteiger partial charge on any atom is 0.325 e. The van der Waals surface area contributed by atoms with Gasteiger partial charge in [-0.05, 0) is 30.2 Å². The molecule has 0 unspecified atom stereocenters. The van der Waals surface area contributed by atoms with Crippen LogP contribution in [0, 0.1) is 0 Å². The zero-order valence-corrected chi connectivity index (χ0v) is 19.0. The molecular formula is C23H22BrN3O5. The van der Waals surface area contributed by atoms with E-state index in [1.54, 1.807) is 6.92 Å². The van der Waals surface area contributed by atoms with E-state index in [1.165, 1.54) is 0 Å². The zero-order chi connectivity index (χ0) is 22.9. The fraction of sp³-hybridized carbons (Fsp3) is 0.217. The van der Waals surface area contributed by atoms with E-state index in [-0.39, 0.29) is 31.2 Å². The molecule has 0 aliphatic heterocycles. The van der Waals surface area contributed by atoms with Crippen LogP contribution in [0.2, 0.25) is 0 Å². The van der Waals surface area contributed by atoms with Crippen LogP contribution in [0.5, 0.6) is 5.75 Å². The molecule has 0 aliphatic rings. The van der Waals surface area contributed by atoms with Crippen molar-refractivity contribution in [3.8, 4) is 5.75 Å². The first-order valence-corrected chi connectivity index (χ1v) is 10.7. The van der Waals surface area contributed by atoms with Gasteiger partial charge in [-0.25, -0.2) is 4.98 Å². The Hall–Kier alpha value is -3.46. The summed E-state index contributed by atoms with van der Waals surface area (Å²) in [5.41, 5.74) is 0.946. The van der Waals surface area contributed by atoms with Crippen molar-refractivity contribution in [2.24, 2.45) is 0 Å². The molecule has 0 bridgehead atoms. The molecule has 0 aliphatic carbocycles. The Kier molecular flexibility index (Phi) is 8.15. The lowest BCUT2D eigenvalue weighted by Crippen LogP contribution is -2.33. The van der Waals surface area contributed by atoms with Crippen molar-refractivity contribution >= 4 is 27.8 Å². The van der Waals surface area contributed by atoms with Crippen molar-refractivity contribution in [1.82, 2.24) is 15.3 Å². The number of nitrogens with one attached hydrogen (secondary N) is 2. The Bertz CT molecular complexity index is 1130. The first-order chi connectivity index (χ1) is 15.5. The lowest BCUT2D eigenvalue weighted by Gasteiger charge is -2.12. The molecule has 0 fully saturated rings. The molecule has 3 aromatic rings. The number of nitrogens with zero attached hydrogens (tertiary/aromatic N) is 1. The number of ether oxygens (including phenoxy) is 2. The minimum Gasteiger partial charge on any atom is -0.481 e. The van der Waals surface area contributed by atoms with E-state index in [4.69, 9.17) is 9.47 Å². The molecule has 9 heteroatoms. The topological polar surface area (TPSA) is 110 Å². The van der Waals surface area contributed by atoms with Crippen molar-refractivity contribution < 1.29 is 19.1 Å².